The molecule has 0 bridgehead atoms. The van der Waals surface area contributed by atoms with Crippen molar-refractivity contribution in [2.45, 2.75) is 33.7 Å². The molecule has 0 atom stereocenters. The maximum atomic E-state index is 11.7. The van der Waals surface area contributed by atoms with E-state index in [2.05, 4.69) is 15.6 Å². The van der Waals surface area contributed by atoms with Crippen molar-refractivity contribution in [3.05, 3.63) is 6.20 Å². The summed E-state index contributed by atoms with van der Waals surface area (Å²) in [5.41, 5.74) is 0. The molecule has 0 radical (unpaired) electrons. The lowest BCUT2D eigenvalue weighted by atomic mass is 10.3. The standard InChI is InChI=1S/C11H21N5O/c1-4-15(5-2)11(17)7-8-12-10-9-13-14-16(10)6-3/h9,12H,4-8H2,1-3H3. The first-order chi connectivity index (χ1) is 8.22. The lowest BCUT2D eigenvalue weighted by molar-refractivity contribution is -0.130. The fraction of sp³-hybridized carbons (Fsp3) is 0.727. The van der Waals surface area contributed by atoms with Crippen molar-refractivity contribution in [1.82, 2.24) is 19.9 Å². The van der Waals surface area contributed by atoms with Gasteiger partial charge in [0.2, 0.25) is 5.91 Å². The number of carbonyl (C=O) groups is 1. The zero-order valence-electron chi connectivity index (χ0n) is 10.8. The van der Waals surface area contributed by atoms with Gasteiger partial charge >= 0.3 is 0 Å². The summed E-state index contributed by atoms with van der Waals surface area (Å²) in [7, 11) is 0. The predicted molar refractivity (Wildman–Crippen MR) is 66.7 cm³/mol. The summed E-state index contributed by atoms with van der Waals surface area (Å²) in [6, 6.07) is 0. The molecule has 6 nitrogen and oxygen atoms in total. The normalized spacial score (nSPS) is 10.3. The SMILES string of the molecule is CCN(CC)C(=O)CCNc1cnnn1CC. The van der Waals surface area contributed by atoms with E-state index in [0.29, 0.717) is 13.0 Å². The van der Waals surface area contributed by atoms with Crippen molar-refractivity contribution in [3.63, 3.8) is 0 Å². The Morgan fingerprint density at radius 3 is 2.71 bits per heavy atom. The van der Waals surface area contributed by atoms with Crippen LogP contribution in [-0.2, 0) is 11.3 Å². The first kappa shape index (κ1) is 13.5. The number of hydrogen-bond donors (Lipinski definition) is 1. The summed E-state index contributed by atoms with van der Waals surface area (Å²) in [5, 5.41) is 10.9. The van der Waals surface area contributed by atoms with Crippen LogP contribution in [0.1, 0.15) is 27.2 Å². The van der Waals surface area contributed by atoms with Gasteiger partial charge in [-0.2, -0.15) is 0 Å². The first-order valence-electron chi connectivity index (χ1n) is 6.13. The second-order valence-corrected chi connectivity index (χ2v) is 3.68. The van der Waals surface area contributed by atoms with E-state index in [-0.39, 0.29) is 5.91 Å². The van der Waals surface area contributed by atoms with Gasteiger partial charge in [-0.05, 0) is 20.8 Å². The third-order valence-corrected chi connectivity index (χ3v) is 2.68. The Labute approximate surface area is 102 Å². The minimum absolute atomic E-state index is 0.179. The van der Waals surface area contributed by atoms with Crippen LogP contribution in [0.25, 0.3) is 0 Å². The van der Waals surface area contributed by atoms with Gasteiger partial charge in [0.25, 0.3) is 0 Å². The molecule has 96 valence electrons. The van der Waals surface area contributed by atoms with Crippen LogP contribution in [0, 0.1) is 0 Å². The maximum absolute atomic E-state index is 11.7. The number of amides is 1. The molecule has 17 heavy (non-hydrogen) atoms. The summed E-state index contributed by atoms with van der Waals surface area (Å²) in [6.45, 7) is 8.90. The minimum Gasteiger partial charge on any atom is -0.368 e. The van der Waals surface area contributed by atoms with E-state index in [1.165, 1.54) is 0 Å². The molecule has 0 unspecified atom stereocenters. The fourth-order valence-electron chi connectivity index (χ4n) is 1.66. The van der Waals surface area contributed by atoms with Gasteiger partial charge < -0.3 is 10.2 Å². The molecular formula is C11H21N5O. The Morgan fingerprint density at radius 2 is 2.12 bits per heavy atom. The van der Waals surface area contributed by atoms with Crippen LogP contribution in [0.4, 0.5) is 5.82 Å². The molecule has 0 aliphatic heterocycles. The Morgan fingerprint density at radius 1 is 1.41 bits per heavy atom. The summed E-state index contributed by atoms with van der Waals surface area (Å²) < 4.78 is 1.77. The Kier molecular flexibility index (Phi) is 5.45. The van der Waals surface area contributed by atoms with Gasteiger partial charge in [0.15, 0.2) is 0 Å². The van der Waals surface area contributed by atoms with Crippen molar-refractivity contribution in [3.8, 4) is 0 Å². The summed E-state index contributed by atoms with van der Waals surface area (Å²) in [4.78, 5) is 13.6. The van der Waals surface area contributed by atoms with Crippen molar-refractivity contribution in [2.75, 3.05) is 25.0 Å². The number of nitrogens with zero attached hydrogens (tertiary/aromatic N) is 4. The highest BCUT2D eigenvalue weighted by atomic mass is 16.2. The minimum atomic E-state index is 0.179. The predicted octanol–water partition coefficient (Wildman–Crippen LogP) is 0.968. The molecule has 1 aromatic rings. The molecule has 0 spiro atoms. The summed E-state index contributed by atoms with van der Waals surface area (Å²) in [6.07, 6.45) is 2.17. The quantitative estimate of drug-likeness (QED) is 0.770. The lowest BCUT2D eigenvalue weighted by Gasteiger charge is -2.18. The molecule has 1 amide bonds. The lowest BCUT2D eigenvalue weighted by Crippen LogP contribution is -2.31. The molecule has 0 saturated carbocycles. The van der Waals surface area contributed by atoms with Gasteiger partial charge in [-0.1, -0.05) is 5.21 Å². The highest BCUT2D eigenvalue weighted by Crippen LogP contribution is 2.03. The summed E-state index contributed by atoms with van der Waals surface area (Å²) in [5.74, 6) is 1.04. The number of anilines is 1. The van der Waals surface area contributed by atoms with Crippen molar-refractivity contribution < 1.29 is 4.79 Å². The van der Waals surface area contributed by atoms with Gasteiger partial charge in [0.05, 0.1) is 6.20 Å². The number of rotatable bonds is 7. The maximum Gasteiger partial charge on any atom is 0.224 e. The van der Waals surface area contributed by atoms with Crippen molar-refractivity contribution in [2.24, 2.45) is 0 Å². The number of carbonyl (C=O) groups excluding carboxylic acids is 1. The van der Waals surface area contributed by atoms with Crippen molar-refractivity contribution in [1.29, 1.82) is 0 Å². The van der Waals surface area contributed by atoms with E-state index < -0.39 is 0 Å². The van der Waals surface area contributed by atoms with Gasteiger partial charge in [-0.15, -0.1) is 5.10 Å². The van der Waals surface area contributed by atoms with Crippen LogP contribution in [0.15, 0.2) is 6.20 Å². The third-order valence-electron chi connectivity index (χ3n) is 2.68. The average molecular weight is 239 g/mol. The van der Waals surface area contributed by atoms with E-state index in [1.54, 1.807) is 10.9 Å². The van der Waals surface area contributed by atoms with Crippen LogP contribution < -0.4 is 5.32 Å². The highest BCUT2D eigenvalue weighted by molar-refractivity contribution is 5.76. The Bertz CT molecular complexity index is 345. The van der Waals surface area contributed by atoms with E-state index >= 15 is 0 Å². The molecule has 6 heteroatoms. The van der Waals surface area contributed by atoms with E-state index in [1.807, 2.05) is 25.7 Å². The molecule has 0 aliphatic carbocycles. The van der Waals surface area contributed by atoms with Gasteiger partial charge in [0, 0.05) is 32.6 Å². The van der Waals surface area contributed by atoms with Crippen LogP contribution in [0.2, 0.25) is 0 Å². The second kappa shape index (κ2) is 6.88. The molecule has 1 rings (SSSR count). The molecule has 0 aromatic carbocycles. The number of aromatic nitrogens is 3. The Balaban J connectivity index is 2.35. The molecule has 1 aromatic heterocycles. The first-order valence-corrected chi connectivity index (χ1v) is 6.13. The second-order valence-electron chi connectivity index (χ2n) is 3.68. The van der Waals surface area contributed by atoms with Crippen LogP contribution in [0.5, 0.6) is 0 Å². The van der Waals surface area contributed by atoms with Gasteiger partial charge in [-0.25, -0.2) is 4.68 Å². The molecule has 0 aliphatic rings. The van der Waals surface area contributed by atoms with Crippen molar-refractivity contribution >= 4 is 11.7 Å². The molecule has 0 fully saturated rings. The van der Waals surface area contributed by atoms with Crippen LogP contribution >= 0.6 is 0 Å². The average Bonchev–Trinajstić information content (AvgIpc) is 2.78. The zero-order chi connectivity index (χ0) is 12.7. The highest BCUT2D eigenvalue weighted by Gasteiger charge is 2.09. The molecule has 1 N–H and O–H groups in total. The number of aryl methyl sites for hydroxylation is 1. The zero-order valence-corrected chi connectivity index (χ0v) is 10.8. The largest absolute Gasteiger partial charge is 0.368 e. The van der Waals surface area contributed by atoms with E-state index in [9.17, 15) is 4.79 Å². The number of nitrogens with one attached hydrogen (secondary N) is 1. The third kappa shape index (κ3) is 3.72. The van der Waals surface area contributed by atoms with E-state index in [0.717, 1.165) is 25.5 Å². The van der Waals surface area contributed by atoms with Crippen LogP contribution in [0.3, 0.4) is 0 Å². The smallest absolute Gasteiger partial charge is 0.224 e. The monoisotopic (exact) mass is 239 g/mol. The topological polar surface area (TPSA) is 63.1 Å². The summed E-state index contributed by atoms with van der Waals surface area (Å²) >= 11 is 0. The van der Waals surface area contributed by atoms with Gasteiger partial charge in [0.1, 0.15) is 5.82 Å². The Hall–Kier alpha value is -1.59. The fourth-order valence-corrected chi connectivity index (χ4v) is 1.66. The molecular weight excluding hydrogens is 218 g/mol. The molecule has 1 heterocycles. The van der Waals surface area contributed by atoms with Crippen LogP contribution in [-0.4, -0.2) is 45.4 Å². The van der Waals surface area contributed by atoms with E-state index in [4.69, 9.17) is 0 Å². The van der Waals surface area contributed by atoms with Gasteiger partial charge in [-0.3, -0.25) is 4.79 Å². The number of hydrogen-bond acceptors (Lipinski definition) is 4. The molecule has 0 saturated heterocycles.